The predicted octanol–water partition coefficient (Wildman–Crippen LogP) is 0.668. The van der Waals surface area contributed by atoms with Crippen LogP contribution >= 0.6 is 0 Å². The van der Waals surface area contributed by atoms with Gasteiger partial charge in [0, 0.05) is 6.42 Å². The molecule has 0 bridgehead atoms. The van der Waals surface area contributed by atoms with E-state index in [1.807, 2.05) is 6.92 Å². The molecule has 0 aromatic carbocycles. The van der Waals surface area contributed by atoms with Crippen molar-refractivity contribution in [2.75, 3.05) is 0 Å². The van der Waals surface area contributed by atoms with Crippen molar-refractivity contribution < 1.29 is 10.2 Å². The molecular formula is C8H13N2O+. The molecule has 60 valence electrons. The van der Waals surface area contributed by atoms with Crippen LogP contribution in [0.2, 0.25) is 0 Å². The molecule has 0 amide bonds. The van der Waals surface area contributed by atoms with E-state index in [0.29, 0.717) is 17.9 Å². The van der Waals surface area contributed by atoms with Crippen molar-refractivity contribution in [1.29, 1.82) is 5.41 Å². The molecule has 11 heavy (non-hydrogen) atoms. The Morgan fingerprint density at radius 3 is 3.00 bits per heavy atom. The summed E-state index contributed by atoms with van der Waals surface area (Å²) in [4.78, 5) is 0. The molecule has 1 aromatic heterocycles. The van der Waals surface area contributed by atoms with Gasteiger partial charge in [-0.05, 0) is 19.1 Å². The molecule has 0 radical (unpaired) electrons. The number of rotatable bonds is 3. The summed E-state index contributed by atoms with van der Waals surface area (Å²) in [5.41, 5.74) is 4.33. The Bertz CT molecular complexity index is 226. The Morgan fingerprint density at radius 2 is 2.55 bits per heavy atom. The Kier molecular flexibility index (Phi) is 2.44. The minimum absolute atomic E-state index is 0.271. The second-order valence-corrected chi connectivity index (χ2v) is 2.77. The zero-order valence-corrected chi connectivity index (χ0v) is 6.63. The van der Waals surface area contributed by atoms with Gasteiger partial charge in [-0.1, -0.05) is 0 Å². The molecule has 3 heteroatoms. The molecule has 0 aliphatic heterocycles. The van der Waals surface area contributed by atoms with E-state index in [-0.39, 0.29) is 6.04 Å². The van der Waals surface area contributed by atoms with Crippen LogP contribution in [0, 0.1) is 5.41 Å². The fourth-order valence-corrected chi connectivity index (χ4v) is 0.899. The van der Waals surface area contributed by atoms with Gasteiger partial charge in [0.05, 0.1) is 18.0 Å². The number of hydrogen-bond donors (Lipinski definition) is 2. The van der Waals surface area contributed by atoms with Crippen molar-refractivity contribution in [1.82, 2.24) is 0 Å². The topological polar surface area (TPSA) is 64.6 Å². The first kappa shape index (κ1) is 8.01. The van der Waals surface area contributed by atoms with Gasteiger partial charge in [0.15, 0.2) is 0 Å². The van der Waals surface area contributed by atoms with Gasteiger partial charge in [-0.3, -0.25) is 0 Å². The molecular weight excluding hydrogens is 140 g/mol. The van der Waals surface area contributed by atoms with Gasteiger partial charge >= 0.3 is 0 Å². The smallest absolute Gasteiger partial charge is 0.147 e. The van der Waals surface area contributed by atoms with Gasteiger partial charge in [-0.15, -0.1) is 0 Å². The maximum atomic E-state index is 7.54. The third kappa shape index (κ3) is 2.20. The lowest BCUT2D eigenvalue weighted by Crippen LogP contribution is -2.59. The lowest BCUT2D eigenvalue weighted by atomic mass is 10.1. The summed E-state index contributed by atoms with van der Waals surface area (Å²) in [7, 11) is 0. The number of nitrogens with one attached hydrogen (secondary N) is 1. The standard InChI is InChI=1S/C8H12N2O/c1-6(9)5-7(10)8-3-2-4-11-8/h2-4,6,10H,5,9H2,1H3/p+1. The second kappa shape index (κ2) is 3.34. The summed E-state index contributed by atoms with van der Waals surface area (Å²) >= 11 is 0. The third-order valence-electron chi connectivity index (χ3n) is 1.37. The Morgan fingerprint density at radius 1 is 1.82 bits per heavy atom. The molecule has 4 N–H and O–H groups in total. The highest BCUT2D eigenvalue weighted by Gasteiger charge is 2.07. The second-order valence-electron chi connectivity index (χ2n) is 2.77. The van der Waals surface area contributed by atoms with Crippen LogP contribution in [0.1, 0.15) is 19.1 Å². The lowest BCUT2D eigenvalue weighted by molar-refractivity contribution is -0.411. The van der Waals surface area contributed by atoms with Crippen molar-refractivity contribution in [3.05, 3.63) is 24.2 Å². The van der Waals surface area contributed by atoms with E-state index < -0.39 is 0 Å². The molecule has 0 spiro atoms. The fourth-order valence-electron chi connectivity index (χ4n) is 0.899. The Hall–Kier alpha value is -1.09. The van der Waals surface area contributed by atoms with E-state index in [9.17, 15) is 0 Å². The highest BCUT2D eigenvalue weighted by molar-refractivity contribution is 5.95. The first-order valence-corrected chi connectivity index (χ1v) is 3.64. The summed E-state index contributed by atoms with van der Waals surface area (Å²) in [6.07, 6.45) is 2.26. The summed E-state index contributed by atoms with van der Waals surface area (Å²) < 4.78 is 5.04. The average molecular weight is 153 g/mol. The molecule has 0 aliphatic carbocycles. The molecule has 1 heterocycles. The van der Waals surface area contributed by atoms with Crippen LogP contribution in [0.15, 0.2) is 22.8 Å². The minimum atomic E-state index is 0.271. The van der Waals surface area contributed by atoms with Crippen LogP contribution in [0.5, 0.6) is 0 Å². The van der Waals surface area contributed by atoms with Gasteiger partial charge in [0.1, 0.15) is 5.76 Å². The van der Waals surface area contributed by atoms with Crippen LogP contribution in [0.3, 0.4) is 0 Å². The normalized spacial score (nSPS) is 12.9. The molecule has 1 aromatic rings. The van der Waals surface area contributed by atoms with Crippen molar-refractivity contribution in [3.8, 4) is 0 Å². The SMILES string of the molecule is CC([NH3+])CC(=N)c1ccco1. The first-order chi connectivity index (χ1) is 5.20. The van der Waals surface area contributed by atoms with Gasteiger partial charge in [0.25, 0.3) is 0 Å². The van der Waals surface area contributed by atoms with Gasteiger partial charge in [-0.25, -0.2) is 0 Å². The highest BCUT2D eigenvalue weighted by Crippen LogP contribution is 2.04. The predicted molar refractivity (Wildman–Crippen MR) is 42.5 cm³/mol. The summed E-state index contributed by atoms with van der Waals surface area (Å²) in [5, 5.41) is 7.54. The van der Waals surface area contributed by atoms with Crippen molar-refractivity contribution >= 4 is 5.71 Å². The van der Waals surface area contributed by atoms with Crippen LogP contribution in [0.25, 0.3) is 0 Å². The highest BCUT2D eigenvalue weighted by atomic mass is 16.3. The summed E-state index contributed by atoms with van der Waals surface area (Å²) in [6, 6.07) is 3.86. The van der Waals surface area contributed by atoms with E-state index in [1.54, 1.807) is 18.4 Å². The van der Waals surface area contributed by atoms with E-state index in [1.165, 1.54) is 0 Å². The van der Waals surface area contributed by atoms with Crippen molar-refractivity contribution in [3.63, 3.8) is 0 Å². The number of hydrogen-bond acceptors (Lipinski definition) is 2. The number of furan rings is 1. The zero-order chi connectivity index (χ0) is 8.27. The quantitative estimate of drug-likeness (QED) is 0.616. The fraction of sp³-hybridized carbons (Fsp3) is 0.375. The molecule has 1 unspecified atom stereocenters. The van der Waals surface area contributed by atoms with E-state index in [4.69, 9.17) is 9.83 Å². The molecule has 1 rings (SSSR count). The summed E-state index contributed by atoms with van der Waals surface area (Å²) in [5.74, 6) is 0.653. The van der Waals surface area contributed by atoms with Crippen molar-refractivity contribution in [2.45, 2.75) is 19.4 Å². The molecule has 0 fully saturated rings. The van der Waals surface area contributed by atoms with E-state index in [2.05, 4.69) is 5.73 Å². The van der Waals surface area contributed by atoms with Crippen LogP contribution in [0.4, 0.5) is 0 Å². The maximum Gasteiger partial charge on any atom is 0.147 e. The summed E-state index contributed by atoms with van der Waals surface area (Å²) in [6.45, 7) is 1.98. The van der Waals surface area contributed by atoms with Gasteiger partial charge < -0.3 is 15.6 Å². The molecule has 0 saturated heterocycles. The minimum Gasteiger partial charge on any atom is -0.463 e. The van der Waals surface area contributed by atoms with E-state index >= 15 is 0 Å². The van der Waals surface area contributed by atoms with Crippen LogP contribution in [-0.4, -0.2) is 11.8 Å². The Balaban J connectivity index is 2.57. The molecule has 0 saturated carbocycles. The Labute approximate surface area is 65.7 Å². The molecule has 1 atom stereocenters. The largest absolute Gasteiger partial charge is 0.463 e. The van der Waals surface area contributed by atoms with Crippen LogP contribution < -0.4 is 5.73 Å². The zero-order valence-electron chi connectivity index (χ0n) is 6.63. The lowest BCUT2D eigenvalue weighted by Gasteiger charge is -2.00. The van der Waals surface area contributed by atoms with Gasteiger partial charge in [0.2, 0.25) is 0 Å². The van der Waals surface area contributed by atoms with Gasteiger partial charge in [-0.2, -0.15) is 0 Å². The van der Waals surface area contributed by atoms with E-state index in [0.717, 1.165) is 0 Å². The maximum absolute atomic E-state index is 7.54. The van der Waals surface area contributed by atoms with Crippen molar-refractivity contribution in [2.24, 2.45) is 0 Å². The number of quaternary nitrogens is 1. The molecule has 3 nitrogen and oxygen atoms in total. The average Bonchev–Trinajstić information content (AvgIpc) is 2.35. The monoisotopic (exact) mass is 153 g/mol. The first-order valence-electron chi connectivity index (χ1n) is 3.64. The van der Waals surface area contributed by atoms with Crippen LogP contribution in [-0.2, 0) is 0 Å². The molecule has 0 aliphatic rings. The third-order valence-corrected chi connectivity index (χ3v) is 1.37.